The van der Waals surface area contributed by atoms with Gasteiger partial charge in [0.25, 0.3) is 0 Å². The van der Waals surface area contributed by atoms with Crippen LogP contribution in [0.2, 0.25) is 0 Å². The van der Waals surface area contributed by atoms with Gasteiger partial charge in [-0.2, -0.15) is 5.10 Å². The van der Waals surface area contributed by atoms with E-state index in [4.69, 9.17) is 15.4 Å². The molecular weight excluding hydrogens is 404 g/mol. The molecule has 0 radical (unpaired) electrons. The van der Waals surface area contributed by atoms with Gasteiger partial charge in [-0.15, -0.1) is 0 Å². The molecule has 32 heavy (non-hydrogen) atoms. The summed E-state index contributed by atoms with van der Waals surface area (Å²) in [6.45, 7) is 3.24. The summed E-state index contributed by atoms with van der Waals surface area (Å²) >= 11 is 0. The van der Waals surface area contributed by atoms with Gasteiger partial charge in [-0.1, -0.05) is 17.3 Å². The maximum Gasteiger partial charge on any atom is 0.174 e. The third-order valence-electron chi connectivity index (χ3n) is 5.48. The molecule has 0 aliphatic carbocycles. The summed E-state index contributed by atoms with van der Waals surface area (Å²) in [5.74, 6) is 1.19. The highest BCUT2D eigenvalue weighted by Gasteiger charge is 2.10. The summed E-state index contributed by atoms with van der Waals surface area (Å²) in [5, 5.41) is 13.7. The highest BCUT2D eigenvalue weighted by Crippen LogP contribution is 2.24. The molecular formula is C23H20N8O. The number of nitrogens with one attached hydrogen (secondary N) is 1. The number of pyridine rings is 2. The van der Waals surface area contributed by atoms with Gasteiger partial charge in [-0.25, -0.2) is 9.97 Å². The first kappa shape index (κ1) is 18.4. The van der Waals surface area contributed by atoms with E-state index in [1.807, 2.05) is 58.7 Å². The Hall–Kier alpha value is -4.40. The van der Waals surface area contributed by atoms with Crippen LogP contribution >= 0.6 is 0 Å². The van der Waals surface area contributed by atoms with Crippen molar-refractivity contribution in [2.24, 2.45) is 0 Å². The molecule has 6 aromatic rings. The van der Waals surface area contributed by atoms with Crippen molar-refractivity contribution in [1.29, 1.82) is 0 Å². The molecule has 158 valence electrons. The number of benzene rings is 1. The fraction of sp³-hybridized carbons (Fsp3) is 0.130. The first-order valence-electron chi connectivity index (χ1n) is 10.3. The third-order valence-corrected chi connectivity index (χ3v) is 5.48. The molecule has 5 aromatic heterocycles. The van der Waals surface area contributed by atoms with Gasteiger partial charge in [0, 0.05) is 31.3 Å². The van der Waals surface area contributed by atoms with Crippen molar-refractivity contribution in [2.75, 3.05) is 11.1 Å². The van der Waals surface area contributed by atoms with Crippen LogP contribution < -0.4 is 11.1 Å². The first-order chi connectivity index (χ1) is 15.6. The van der Waals surface area contributed by atoms with Crippen molar-refractivity contribution < 1.29 is 4.52 Å². The van der Waals surface area contributed by atoms with Gasteiger partial charge in [-0.05, 0) is 42.3 Å². The minimum absolute atomic E-state index is 0.403. The van der Waals surface area contributed by atoms with E-state index < -0.39 is 0 Å². The average Bonchev–Trinajstić information content (AvgIpc) is 3.47. The van der Waals surface area contributed by atoms with Crippen LogP contribution in [-0.4, -0.2) is 29.3 Å². The lowest BCUT2D eigenvalue weighted by Gasteiger charge is -2.06. The number of aromatic nitrogens is 6. The molecule has 9 nitrogen and oxygen atoms in total. The molecule has 0 unspecified atom stereocenters. The minimum Gasteiger partial charge on any atom is -0.380 e. The minimum atomic E-state index is 0.403. The average molecular weight is 424 g/mol. The Kier molecular flexibility index (Phi) is 4.07. The first-order valence-corrected chi connectivity index (χ1v) is 10.3. The lowest BCUT2D eigenvalue weighted by Crippen LogP contribution is -2.01. The maximum absolute atomic E-state index is 5.80. The van der Waals surface area contributed by atoms with E-state index in [1.54, 1.807) is 6.20 Å². The van der Waals surface area contributed by atoms with Crippen LogP contribution in [0.4, 0.5) is 11.6 Å². The zero-order chi connectivity index (χ0) is 21.7. The Bertz CT molecular complexity index is 1590. The fourth-order valence-electron chi connectivity index (χ4n) is 3.96. The number of hydrogen-bond acceptors (Lipinski definition) is 7. The molecule has 5 heterocycles. The number of anilines is 2. The lowest BCUT2D eigenvalue weighted by atomic mass is 10.1. The van der Waals surface area contributed by atoms with Gasteiger partial charge in [0.05, 0.1) is 28.5 Å². The van der Waals surface area contributed by atoms with Crippen molar-refractivity contribution in [2.45, 2.75) is 20.0 Å². The van der Waals surface area contributed by atoms with E-state index in [0.717, 1.165) is 44.6 Å². The van der Waals surface area contributed by atoms with Crippen molar-refractivity contribution in [1.82, 2.24) is 29.3 Å². The quantitative estimate of drug-likeness (QED) is 0.433. The van der Waals surface area contributed by atoms with E-state index in [2.05, 4.69) is 32.7 Å². The van der Waals surface area contributed by atoms with E-state index in [-0.39, 0.29) is 0 Å². The Morgan fingerprint density at radius 2 is 1.94 bits per heavy atom. The molecule has 0 aliphatic heterocycles. The van der Waals surface area contributed by atoms with Crippen LogP contribution in [0.1, 0.15) is 16.8 Å². The summed E-state index contributed by atoms with van der Waals surface area (Å²) in [6, 6.07) is 11.9. The Morgan fingerprint density at radius 1 is 1.03 bits per heavy atom. The molecule has 0 bridgehead atoms. The highest BCUT2D eigenvalue weighted by molar-refractivity contribution is 5.89. The second kappa shape index (κ2) is 7.09. The Morgan fingerprint density at radius 3 is 2.88 bits per heavy atom. The molecule has 9 heteroatoms. The monoisotopic (exact) mass is 424 g/mol. The summed E-state index contributed by atoms with van der Waals surface area (Å²) < 4.78 is 9.24. The lowest BCUT2D eigenvalue weighted by molar-refractivity contribution is 0.460. The van der Waals surface area contributed by atoms with E-state index in [0.29, 0.717) is 24.5 Å². The molecule has 3 N–H and O–H groups in total. The molecule has 0 amide bonds. The standard InChI is InChI=1S/C23H20N8O/c1-14-10-30-11-16(3-5-21(30)27-14)12-31-13-18-19(28-31)6-7-25-23(18)26-9-15-2-4-17-20(8-15)32-29-22(17)24/h2-8,10-11,13H,9,12H2,1H3,(H2,24,29)(H,25,26). The van der Waals surface area contributed by atoms with E-state index in [9.17, 15) is 0 Å². The molecule has 0 aliphatic rings. The van der Waals surface area contributed by atoms with Crippen LogP contribution in [0, 0.1) is 6.92 Å². The predicted molar refractivity (Wildman–Crippen MR) is 122 cm³/mol. The van der Waals surface area contributed by atoms with E-state index >= 15 is 0 Å². The number of nitrogens with two attached hydrogens (primary N) is 1. The number of fused-ring (bicyclic) bond motifs is 3. The van der Waals surface area contributed by atoms with E-state index in [1.165, 1.54) is 0 Å². The van der Waals surface area contributed by atoms with Gasteiger partial charge >= 0.3 is 0 Å². The van der Waals surface area contributed by atoms with Crippen molar-refractivity contribution in [3.63, 3.8) is 0 Å². The molecule has 1 aromatic carbocycles. The van der Waals surface area contributed by atoms with Gasteiger partial charge in [0.1, 0.15) is 11.5 Å². The van der Waals surface area contributed by atoms with Crippen LogP contribution in [-0.2, 0) is 13.1 Å². The number of nitrogen functional groups attached to an aromatic ring is 1. The molecule has 0 saturated heterocycles. The zero-order valence-electron chi connectivity index (χ0n) is 17.4. The molecule has 0 atom stereocenters. The number of rotatable bonds is 5. The highest BCUT2D eigenvalue weighted by atomic mass is 16.5. The second-order valence-electron chi connectivity index (χ2n) is 7.86. The zero-order valence-corrected chi connectivity index (χ0v) is 17.4. The molecule has 0 fully saturated rings. The number of aryl methyl sites for hydroxylation is 1. The largest absolute Gasteiger partial charge is 0.380 e. The molecule has 0 spiro atoms. The van der Waals surface area contributed by atoms with Crippen LogP contribution in [0.5, 0.6) is 0 Å². The Labute approximate surface area is 182 Å². The van der Waals surface area contributed by atoms with Gasteiger partial charge in [0.2, 0.25) is 0 Å². The third kappa shape index (κ3) is 3.20. The SMILES string of the molecule is Cc1cn2cc(Cn3cc4c(NCc5ccc6c(N)noc6c5)nccc4n3)ccc2n1. The second-order valence-corrected chi connectivity index (χ2v) is 7.86. The number of nitrogens with zero attached hydrogens (tertiary/aromatic N) is 6. The fourth-order valence-corrected chi connectivity index (χ4v) is 3.96. The van der Waals surface area contributed by atoms with Crippen LogP contribution in [0.25, 0.3) is 27.5 Å². The topological polar surface area (TPSA) is 112 Å². The smallest absolute Gasteiger partial charge is 0.174 e. The Balaban J connectivity index is 1.25. The predicted octanol–water partition coefficient (Wildman–Crippen LogP) is 3.77. The number of imidazole rings is 1. The van der Waals surface area contributed by atoms with Crippen molar-refractivity contribution >= 4 is 39.2 Å². The summed E-state index contributed by atoms with van der Waals surface area (Å²) in [6.07, 6.45) is 7.90. The van der Waals surface area contributed by atoms with Crippen LogP contribution in [0.15, 0.2) is 65.7 Å². The number of hydrogen-bond donors (Lipinski definition) is 2. The maximum atomic E-state index is 5.80. The summed E-state index contributed by atoms with van der Waals surface area (Å²) in [7, 11) is 0. The molecule has 0 saturated carbocycles. The van der Waals surface area contributed by atoms with Crippen LogP contribution in [0.3, 0.4) is 0 Å². The normalized spacial score (nSPS) is 11.7. The van der Waals surface area contributed by atoms with Gasteiger partial charge in [-0.3, -0.25) is 4.68 Å². The van der Waals surface area contributed by atoms with Gasteiger partial charge in [0.15, 0.2) is 11.4 Å². The van der Waals surface area contributed by atoms with Gasteiger partial charge < -0.3 is 20.0 Å². The summed E-state index contributed by atoms with van der Waals surface area (Å²) in [4.78, 5) is 9.00. The van der Waals surface area contributed by atoms with Crippen molar-refractivity contribution in [3.8, 4) is 0 Å². The molecule has 6 rings (SSSR count). The van der Waals surface area contributed by atoms with Crippen molar-refractivity contribution in [3.05, 3.63) is 78.0 Å². The summed E-state index contributed by atoms with van der Waals surface area (Å²) in [5.41, 5.74) is 11.5.